The lowest BCUT2D eigenvalue weighted by atomic mass is 10.0. The van der Waals surface area contributed by atoms with Gasteiger partial charge in [0.05, 0.1) is 6.04 Å². The first-order chi connectivity index (χ1) is 16.9. The minimum atomic E-state index is -1.14. The molecule has 8 nitrogen and oxygen atoms in total. The predicted octanol–water partition coefficient (Wildman–Crippen LogP) is 3.51. The number of amides is 1. The maximum absolute atomic E-state index is 13.2. The Bertz CT molecular complexity index is 1130. The zero-order valence-electron chi connectivity index (χ0n) is 19.9. The van der Waals surface area contributed by atoms with Gasteiger partial charge in [-0.2, -0.15) is 0 Å². The number of aryl methyl sites for hydroxylation is 1. The number of carbonyl (C=O) groups is 3. The first-order valence-corrected chi connectivity index (χ1v) is 12.0. The van der Waals surface area contributed by atoms with Crippen LogP contribution in [0.25, 0.3) is 10.9 Å². The highest BCUT2D eigenvalue weighted by Gasteiger charge is 2.29. The molecular weight excluding hydrogens is 446 g/mol. The molecule has 5 N–H and O–H groups in total. The molecule has 1 amide bonds. The molecule has 0 fully saturated rings. The van der Waals surface area contributed by atoms with E-state index < -0.39 is 36.0 Å². The van der Waals surface area contributed by atoms with Crippen molar-refractivity contribution in [3.8, 4) is 0 Å². The molecule has 0 aliphatic rings. The molecule has 3 atom stereocenters. The van der Waals surface area contributed by atoms with Crippen LogP contribution in [-0.2, 0) is 27.2 Å². The molecule has 0 saturated carbocycles. The monoisotopic (exact) mass is 479 g/mol. The fourth-order valence-corrected chi connectivity index (χ4v) is 4.17. The maximum Gasteiger partial charge on any atom is 0.326 e. The third-order valence-electron chi connectivity index (χ3n) is 6.14. The zero-order valence-corrected chi connectivity index (χ0v) is 19.9. The summed E-state index contributed by atoms with van der Waals surface area (Å²) in [5.74, 6) is -2.68. The summed E-state index contributed by atoms with van der Waals surface area (Å²) in [6, 6.07) is 14.3. The van der Waals surface area contributed by atoms with Crippen LogP contribution in [0.2, 0.25) is 0 Å². The van der Waals surface area contributed by atoms with E-state index in [-0.39, 0.29) is 6.42 Å². The second kappa shape index (κ2) is 12.7. The van der Waals surface area contributed by atoms with Crippen molar-refractivity contribution >= 4 is 28.7 Å². The van der Waals surface area contributed by atoms with Gasteiger partial charge in [-0.25, -0.2) is 4.79 Å². The standard InChI is InChI=1S/C27H33N3O5/c1-2-3-12-22(29-23(26(32)33)15-14-18-9-5-4-6-10-18)25(31)30-24(27(34)35)16-19-17-28-21-13-8-7-11-20(19)21/h4-11,13,17,22-24,28-29H,2-3,12,14-16H2,1H3,(H,30,31)(H,32,33)(H,34,35)/t22-,23-,24-/m0/s1. The summed E-state index contributed by atoms with van der Waals surface area (Å²) in [7, 11) is 0. The van der Waals surface area contributed by atoms with E-state index in [2.05, 4.69) is 15.6 Å². The minimum absolute atomic E-state index is 0.113. The topological polar surface area (TPSA) is 132 Å². The number of hydrogen-bond acceptors (Lipinski definition) is 4. The Labute approximate surface area is 204 Å². The highest BCUT2D eigenvalue weighted by atomic mass is 16.4. The van der Waals surface area contributed by atoms with E-state index in [0.29, 0.717) is 25.7 Å². The number of carboxylic acid groups (broad SMARTS) is 2. The number of aromatic amines is 1. The molecule has 1 heterocycles. The van der Waals surface area contributed by atoms with Crippen molar-refractivity contribution in [2.45, 2.75) is 63.6 Å². The van der Waals surface area contributed by atoms with E-state index in [1.807, 2.05) is 61.5 Å². The first kappa shape index (κ1) is 26.0. The molecule has 0 aliphatic carbocycles. The van der Waals surface area contributed by atoms with Gasteiger partial charge in [-0.05, 0) is 36.5 Å². The summed E-state index contributed by atoms with van der Waals surface area (Å²) in [4.78, 5) is 40.2. The number of para-hydroxylation sites is 1. The highest BCUT2D eigenvalue weighted by Crippen LogP contribution is 2.19. The molecule has 0 bridgehead atoms. The first-order valence-electron chi connectivity index (χ1n) is 12.0. The number of benzene rings is 2. The molecule has 8 heteroatoms. The van der Waals surface area contributed by atoms with Crippen molar-refractivity contribution in [1.29, 1.82) is 0 Å². The number of aliphatic carboxylic acids is 2. The van der Waals surface area contributed by atoms with Crippen molar-refractivity contribution in [2.75, 3.05) is 0 Å². The Morgan fingerprint density at radius 3 is 2.26 bits per heavy atom. The highest BCUT2D eigenvalue weighted by molar-refractivity contribution is 5.89. The van der Waals surface area contributed by atoms with Crippen LogP contribution in [0.15, 0.2) is 60.8 Å². The van der Waals surface area contributed by atoms with E-state index in [1.165, 1.54) is 0 Å². The molecule has 1 aromatic heterocycles. The molecule has 3 aromatic rings. The van der Waals surface area contributed by atoms with Crippen LogP contribution in [0.1, 0.15) is 43.7 Å². The number of H-pyrrole nitrogens is 1. The number of carbonyl (C=O) groups excluding carboxylic acids is 1. The van der Waals surface area contributed by atoms with Crippen LogP contribution in [0.3, 0.4) is 0 Å². The van der Waals surface area contributed by atoms with Gasteiger partial charge >= 0.3 is 11.9 Å². The average molecular weight is 480 g/mol. The van der Waals surface area contributed by atoms with Gasteiger partial charge in [0.25, 0.3) is 0 Å². The molecule has 0 aliphatic heterocycles. The van der Waals surface area contributed by atoms with Gasteiger partial charge in [-0.3, -0.25) is 14.9 Å². The second-order valence-electron chi connectivity index (χ2n) is 8.74. The summed E-state index contributed by atoms with van der Waals surface area (Å²) in [5, 5.41) is 26.1. The van der Waals surface area contributed by atoms with Crippen LogP contribution in [0, 0.1) is 0 Å². The van der Waals surface area contributed by atoms with E-state index in [9.17, 15) is 24.6 Å². The van der Waals surface area contributed by atoms with Gasteiger partial charge in [0.1, 0.15) is 12.1 Å². The zero-order chi connectivity index (χ0) is 25.2. The van der Waals surface area contributed by atoms with Crippen LogP contribution in [0.5, 0.6) is 0 Å². The minimum Gasteiger partial charge on any atom is -0.480 e. The van der Waals surface area contributed by atoms with E-state index in [1.54, 1.807) is 6.20 Å². The molecular formula is C27H33N3O5. The van der Waals surface area contributed by atoms with E-state index in [0.717, 1.165) is 28.5 Å². The Balaban J connectivity index is 1.70. The van der Waals surface area contributed by atoms with Crippen LogP contribution in [0.4, 0.5) is 0 Å². The number of aromatic nitrogens is 1. The SMILES string of the molecule is CCCC[C@H](N[C@@H](CCc1ccccc1)C(=O)O)C(=O)N[C@@H](Cc1c[nH]c2ccccc12)C(=O)O. The van der Waals surface area contributed by atoms with E-state index in [4.69, 9.17) is 0 Å². The van der Waals surface area contributed by atoms with Gasteiger partial charge in [-0.1, -0.05) is 68.3 Å². The van der Waals surface area contributed by atoms with Gasteiger partial charge in [0.2, 0.25) is 5.91 Å². The lowest BCUT2D eigenvalue weighted by Gasteiger charge is -2.24. The Morgan fingerprint density at radius 1 is 0.886 bits per heavy atom. The fourth-order valence-electron chi connectivity index (χ4n) is 4.17. The quantitative estimate of drug-likeness (QED) is 0.240. The number of carboxylic acids is 2. The second-order valence-corrected chi connectivity index (χ2v) is 8.74. The molecule has 186 valence electrons. The van der Waals surface area contributed by atoms with Gasteiger partial charge < -0.3 is 20.5 Å². The molecule has 0 unspecified atom stereocenters. The van der Waals surface area contributed by atoms with Crippen LogP contribution >= 0.6 is 0 Å². The molecule has 0 radical (unpaired) electrons. The number of rotatable bonds is 14. The van der Waals surface area contributed by atoms with Crippen molar-refractivity contribution < 1.29 is 24.6 Å². The Hall–Kier alpha value is -3.65. The predicted molar refractivity (Wildman–Crippen MR) is 134 cm³/mol. The van der Waals surface area contributed by atoms with E-state index >= 15 is 0 Å². The maximum atomic E-state index is 13.2. The molecule has 0 saturated heterocycles. The van der Waals surface area contributed by atoms with Crippen LogP contribution < -0.4 is 10.6 Å². The van der Waals surface area contributed by atoms with Crippen molar-refractivity contribution in [1.82, 2.24) is 15.6 Å². The largest absolute Gasteiger partial charge is 0.480 e. The summed E-state index contributed by atoms with van der Waals surface area (Å²) in [6.07, 6.45) is 4.67. The Kier molecular flexibility index (Phi) is 9.43. The molecule has 0 spiro atoms. The molecule has 35 heavy (non-hydrogen) atoms. The van der Waals surface area contributed by atoms with Crippen molar-refractivity contribution in [2.24, 2.45) is 0 Å². The lowest BCUT2D eigenvalue weighted by molar-refractivity contribution is -0.143. The smallest absolute Gasteiger partial charge is 0.326 e. The van der Waals surface area contributed by atoms with Gasteiger partial charge in [0, 0.05) is 23.5 Å². The number of unbranched alkanes of at least 4 members (excludes halogenated alkanes) is 1. The molecule has 3 rings (SSSR count). The third kappa shape index (κ3) is 7.42. The van der Waals surface area contributed by atoms with Gasteiger partial charge in [0.15, 0.2) is 0 Å². The van der Waals surface area contributed by atoms with Crippen molar-refractivity contribution in [3.05, 3.63) is 71.9 Å². The number of hydrogen-bond donors (Lipinski definition) is 5. The summed E-state index contributed by atoms with van der Waals surface area (Å²) in [6.45, 7) is 1.98. The lowest BCUT2D eigenvalue weighted by Crippen LogP contribution is -2.54. The van der Waals surface area contributed by atoms with Crippen LogP contribution in [-0.4, -0.2) is 51.2 Å². The number of nitrogens with one attached hydrogen (secondary N) is 3. The summed E-state index contributed by atoms with van der Waals surface area (Å²) < 4.78 is 0. The normalized spacial score (nSPS) is 13.7. The molecule has 2 aromatic carbocycles. The summed E-state index contributed by atoms with van der Waals surface area (Å²) in [5.41, 5.74) is 2.69. The van der Waals surface area contributed by atoms with Gasteiger partial charge in [-0.15, -0.1) is 0 Å². The third-order valence-corrected chi connectivity index (χ3v) is 6.14. The summed E-state index contributed by atoms with van der Waals surface area (Å²) >= 11 is 0. The fraction of sp³-hybridized carbons (Fsp3) is 0.370. The average Bonchev–Trinajstić information content (AvgIpc) is 3.26. The number of fused-ring (bicyclic) bond motifs is 1. The van der Waals surface area contributed by atoms with Crippen molar-refractivity contribution in [3.63, 3.8) is 0 Å². The Morgan fingerprint density at radius 2 is 1.57 bits per heavy atom.